The van der Waals surface area contributed by atoms with Gasteiger partial charge in [0.1, 0.15) is 0 Å². The number of piperidine rings is 1. The number of aryl methyl sites for hydroxylation is 1. The highest BCUT2D eigenvalue weighted by atomic mass is 35.5. The summed E-state index contributed by atoms with van der Waals surface area (Å²) in [4.78, 5) is 25.7. The Hall–Kier alpha value is -1.59. The van der Waals surface area contributed by atoms with E-state index in [2.05, 4.69) is 18.3 Å². The molecule has 6 heteroatoms. The van der Waals surface area contributed by atoms with Gasteiger partial charge >= 0.3 is 0 Å². The number of nitrogens with one attached hydrogen (secondary N) is 1. The third-order valence-corrected chi connectivity index (χ3v) is 5.29. The number of fused-ring (bicyclic) bond motifs is 1. The monoisotopic (exact) mass is 365 g/mol. The second-order valence-corrected chi connectivity index (χ2v) is 7.15. The summed E-state index contributed by atoms with van der Waals surface area (Å²) in [7, 11) is 0. The third-order valence-electron chi connectivity index (χ3n) is 5.29. The van der Waals surface area contributed by atoms with E-state index in [0.717, 1.165) is 50.0 Å². The normalized spacial score (nSPS) is 18.3. The number of halogens is 1. The molecule has 138 valence electrons. The Morgan fingerprint density at radius 2 is 2.08 bits per heavy atom. The fraction of sp³-hybridized carbons (Fsp3) is 0.579. The summed E-state index contributed by atoms with van der Waals surface area (Å²) < 4.78 is 0. The number of nitrogens with two attached hydrogens (primary N) is 1. The molecule has 1 aromatic carbocycles. The molecule has 3 N–H and O–H groups in total. The Morgan fingerprint density at radius 1 is 1.36 bits per heavy atom. The number of amides is 2. The molecule has 0 spiro atoms. The van der Waals surface area contributed by atoms with Crippen molar-refractivity contribution < 1.29 is 9.59 Å². The van der Waals surface area contributed by atoms with Crippen molar-refractivity contribution in [2.75, 3.05) is 18.4 Å². The first kappa shape index (κ1) is 19.7. The summed E-state index contributed by atoms with van der Waals surface area (Å²) in [6.45, 7) is 3.75. The second-order valence-electron chi connectivity index (χ2n) is 7.15. The molecule has 3 rings (SSSR count). The van der Waals surface area contributed by atoms with Crippen LogP contribution in [0.1, 0.15) is 43.7 Å². The van der Waals surface area contributed by atoms with E-state index in [0.29, 0.717) is 18.8 Å². The maximum Gasteiger partial charge on any atom is 0.228 e. The fourth-order valence-corrected chi connectivity index (χ4v) is 3.71. The molecular weight excluding hydrogens is 338 g/mol. The molecule has 0 bridgehead atoms. The van der Waals surface area contributed by atoms with Crippen molar-refractivity contribution in [3.05, 3.63) is 29.3 Å². The summed E-state index contributed by atoms with van der Waals surface area (Å²) in [6.07, 6.45) is 4.84. The van der Waals surface area contributed by atoms with Crippen LogP contribution in [0.3, 0.4) is 0 Å². The van der Waals surface area contributed by atoms with Gasteiger partial charge in [-0.2, -0.15) is 0 Å². The van der Waals surface area contributed by atoms with Crippen LogP contribution in [0, 0.1) is 5.92 Å². The lowest BCUT2D eigenvalue weighted by Gasteiger charge is -2.33. The van der Waals surface area contributed by atoms with Gasteiger partial charge < -0.3 is 16.0 Å². The first-order valence-electron chi connectivity index (χ1n) is 8.98. The Bertz CT molecular complexity index is 625. The largest absolute Gasteiger partial charge is 0.343 e. The van der Waals surface area contributed by atoms with E-state index in [1.54, 1.807) is 0 Å². The van der Waals surface area contributed by atoms with Crippen LogP contribution in [-0.2, 0) is 22.4 Å². The summed E-state index contributed by atoms with van der Waals surface area (Å²) in [5.41, 5.74) is 9.15. The number of hydrogen-bond acceptors (Lipinski definition) is 3. The molecule has 1 atom stereocenters. The van der Waals surface area contributed by atoms with Crippen LogP contribution in [0.5, 0.6) is 0 Å². The van der Waals surface area contributed by atoms with Gasteiger partial charge in [0.15, 0.2) is 0 Å². The van der Waals surface area contributed by atoms with Crippen LogP contribution >= 0.6 is 12.4 Å². The lowest BCUT2D eigenvalue weighted by Crippen LogP contribution is -2.42. The second kappa shape index (κ2) is 8.68. The van der Waals surface area contributed by atoms with Gasteiger partial charge in [0.25, 0.3) is 0 Å². The molecule has 0 radical (unpaired) electrons. The average Bonchev–Trinajstić information content (AvgIpc) is 2.94. The molecule has 0 aliphatic carbocycles. The van der Waals surface area contributed by atoms with E-state index in [4.69, 9.17) is 5.73 Å². The van der Waals surface area contributed by atoms with E-state index in [9.17, 15) is 9.59 Å². The van der Waals surface area contributed by atoms with Gasteiger partial charge in [-0.15, -0.1) is 12.4 Å². The minimum Gasteiger partial charge on any atom is -0.343 e. The topological polar surface area (TPSA) is 75.4 Å². The van der Waals surface area contributed by atoms with Gasteiger partial charge in [0.05, 0.1) is 6.42 Å². The molecule has 0 saturated carbocycles. The predicted molar refractivity (Wildman–Crippen MR) is 102 cm³/mol. The highest BCUT2D eigenvalue weighted by Gasteiger charge is 2.24. The Balaban J connectivity index is 0.00000225. The van der Waals surface area contributed by atoms with E-state index in [1.807, 2.05) is 17.0 Å². The zero-order chi connectivity index (χ0) is 17.1. The molecular formula is C19H28ClN3O2. The molecule has 1 unspecified atom stereocenters. The lowest BCUT2D eigenvalue weighted by molar-refractivity contribution is -0.132. The molecule has 1 aromatic rings. The Labute approximate surface area is 155 Å². The molecule has 2 heterocycles. The molecule has 2 aliphatic heterocycles. The number of rotatable bonds is 5. The maximum atomic E-state index is 12.3. The number of nitrogens with zero attached hydrogens (tertiary/aromatic N) is 1. The quantitative estimate of drug-likeness (QED) is 0.841. The maximum absolute atomic E-state index is 12.3. The smallest absolute Gasteiger partial charge is 0.228 e. The molecule has 2 amide bonds. The summed E-state index contributed by atoms with van der Waals surface area (Å²) in [6, 6.07) is 6.33. The van der Waals surface area contributed by atoms with E-state index in [-0.39, 0.29) is 30.3 Å². The van der Waals surface area contributed by atoms with Gasteiger partial charge in [-0.05, 0) is 55.7 Å². The highest BCUT2D eigenvalue weighted by Crippen LogP contribution is 2.25. The number of benzene rings is 1. The zero-order valence-electron chi connectivity index (χ0n) is 14.8. The van der Waals surface area contributed by atoms with E-state index in [1.165, 1.54) is 5.56 Å². The number of anilines is 1. The minimum absolute atomic E-state index is 0. The number of hydrogen-bond donors (Lipinski definition) is 2. The van der Waals surface area contributed by atoms with Crippen molar-refractivity contribution in [1.82, 2.24) is 4.90 Å². The van der Waals surface area contributed by atoms with Gasteiger partial charge in [0, 0.05) is 31.2 Å². The molecule has 1 fully saturated rings. The van der Waals surface area contributed by atoms with Crippen LogP contribution < -0.4 is 11.1 Å². The van der Waals surface area contributed by atoms with Crippen molar-refractivity contribution >= 4 is 29.9 Å². The van der Waals surface area contributed by atoms with Crippen molar-refractivity contribution in [1.29, 1.82) is 0 Å². The van der Waals surface area contributed by atoms with E-state index < -0.39 is 0 Å². The molecule has 25 heavy (non-hydrogen) atoms. The summed E-state index contributed by atoms with van der Waals surface area (Å²) in [5, 5.41) is 2.84. The predicted octanol–water partition coefficient (Wildman–Crippen LogP) is 2.51. The van der Waals surface area contributed by atoms with Gasteiger partial charge in [-0.1, -0.05) is 12.1 Å². The number of likely N-dealkylation sites (tertiary alicyclic amines) is 1. The number of carbonyl (C=O) groups excluding carboxylic acids is 2. The zero-order valence-corrected chi connectivity index (χ0v) is 15.6. The Morgan fingerprint density at radius 3 is 2.76 bits per heavy atom. The van der Waals surface area contributed by atoms with Gasteiger partial charge in [0.2, 0.25) is 11.8 Å². The average molecular weight is 366 g/mol. The minimum atomic E-state index is 0. The molecule has 2 aliphatic rings. The third kappa shape index (κ3) is 4.95. The van der Waals surface area contributed by atoms with E-state index >= 15 is 0 Å². The van der Waals surface area contributed by atoms with Crippen molar-refractivity contribution in [3.63, 3.8) is 0 Å². The summed E-state index contributed by atoms with van der Waals surface area (Å²) in [5.74, 6) is 0.875. The SMILES string of the molecule is CC(N)C1CCN(C(=O)CCCc2ccc3c(c2)CC(=O)N3)CC1.Cl. The van der Waals surface area contributed by atoms with Gasteiger partial charge in [-0.3, -0.25) is 9.59 Å². The standard InChI is InChI=1S/C19H27N3O2.ClH/c1-13(20)15-7-9-22(10-8-15)19(24)4-2-3-14-5-6-17-16(11-14)12-18(23)21-17;/h5-6,11,13,15H,2-4,7-10,12,20H2,1H3,(H,21,23);1H. The van der Waals surface area contributed by atoms with Gasteiger partial charge in [-0.25, -0.2) is 0 Å². The van der Waals surface area contributed by atoms with Crippen molar-refractivity contribution in [2.45, 2.75) is 51.5 Å². The van der Waals surface area contributed by atoms with Crippen molar-refractivity contribution in [3.8, 4) is 0 Å². The first-order valence-corrected chi connectivity index (χ1v) is 8.98. The first-order chi connectivity index (χ1) is 11.5. The molecule has 5 nitrogen and oxygen atoms in total. The van der Waals surface area contributed by atoms with Crippen molar-refractivity contribution in [2.24, 2.45) is 11.7 Å². The van der Waals surface area contributed by atoms with Crippen LogP contribution in [0.15, 0.2) is 18.2 Å². The Kier molecular flexibility index (Phi) is 6.85. The lowest BCUT2D eigenvalue weighted by atomic mass is 9.91. The molecule has 0 aromatic heterocycles. The van der Waals surface area contributed by atoms with Crippen LogP contribution in [0.4, 0.5) is 5.69 Å². The molecule has 1 saturated heterocycles. The van der Waals surface area contributed by atoms with Crippen LogP contribution in [-0.4, -0.2) is 35.8 Å². The highest BCUT2D eigenvalue weighted by molar-refractivity contribution is 5.99. The fourth-order valence-electron chi connectivity index (χ4n) is 3.71. The number of carbonyl (C=O) groups is 2. The van der Waals surface area contributed by atoms with Crippen LogP contribution in [0.25, 0.3) is 0 Å². The van der Waals surface area contributed by atoms with Crippen LogP contribution in [0.2, 0.25) is 0 Å². The summed E-state index contributed by atoms with van der Waals surface area (Å²) >= 11 is 0.